The van der Waals surface area contributed by atoms with Crippen molar-refractivity contribution in [1.82, 2.24) is 4.90 Å². The van der Waals surface area contributed by atoms with Crippen molar-refractivity contribution in [1.29, 1.82) is 0 Å². The van der Waals surface area contributed by atoms with Crippen LogP contribution in [0.5, 0.6) is 5.75 Å². The van der Waals surface area contributed by atoms with Crippen LogP contribution in [0.25, 0.3) is 6.08 Å². The van der Waals surface area contributed by atoms with Gasteiger partial charge < -0.3 is 5.11 Å². The van der Waals surface area contributed by atoms with Crippen LogP contribution in [0, 0.1) is 13.1 Å². The molecule has 0 bridgehead atoms. The van der Waals surface area contributed by atoms with E-state index < -0.39 is 0 Å². The lowest BCUT2D eigenvalue weighted by molar-refractivity contribution is -0.124. The first-order valence-corrected chi connectivity index (χ1v) is 13.0. The van der Waals surface area contributed by atoms with Crippen molar-refractivity contribution in [2.75, 3.05) is 0 Å². The smallest absolute Gasteiger partial charge is 0.267 e. The summed E-state index contributed by atoms with van der Waals surface area (Å²) in [5, 5.41) is 10.8. The highest BCUT2D eigenvalue weighted by atomic mass is 127. The summed E-state index contributed by atoms with van der Waals surface area (Å²) >= 11 is 5.69. The second kappa shape index (κ2) is 9.60. The van der Waals surface area contributed by atoms with Gasteiger partial charge >= 0.3 is 0 Å². The highest BCUT2D eigenvalue weighted by Gasteiger charge is 2.41. The summed E-state index contributed by atoms with van der Waals surface area (Å²) in [6, 6.07) is 13.8. The minimum Gasteiger partial charge on any atom is -0.506 e. The van der Waals surface area contributed by atoms with E-state index >= 15 is 0 Å². The van der Waals surface area contributed by atoms with Crippen LogP contribution in [0.1, 0.15) is 38.2 Å². The van der Waals surface area contributed by atoms with Crippen LogP contribution >= 0.6 is 56.9 Å². The standard InChI is InChI=1S/C23H22I2N2O2S/c1-14-7-5-6-10-19(14)27-22(29)20(13-15-11-17(24)21(28)18(25)12-15)30-23(27)26-16-8-3-2-4-9-16/h2-4,8-9,11-14,19,28H,5-7,10H2,1H3/b20-13-,26-23?/t14-,19+/m1/s1. The third-order valence-corrected chi connectivity index (χ3v) is 8.18. The number of benzene rings is 2. The maximum atomic E-state index is 13.5. The number of phenols is 1. The van der Waals surface area contributed by atoms with Crippen LogP contribution in [0.2, 0.25) is 0 Å². The molecule has 2 aromatic rings. The number of halogens is 2. The fraction of sp³-hybridized carbons (Fsp3) is 0.304. The first-order chi connectivity index (χ1) is 14.4. The Morgan fingerprint density at radius 2 is 1.80 bits per heavy atom. The zero-order valence-electron chi connectivity index (χ0n) is 16.5. The number of rotatable bonds is 3. The van der Waals surface area contributed by atoms with Gasteiger partial charge in [-0.25, -0.2) is 4.99 Å². The van der Waals surface area contributed by atoms with Crippen LogP contribution in [0.3, 0.4) is 0 Å². The predicted octanol–water partition coefficient (Wildman–Crippen LogP) is 6.78. The highest BCUT2D eigenvalue weighted by Crippen LogP contribution is 2.40. The number of amides is 1. The molecule has 2 atom stereocenters. The molecule has 2 aliphatic rings. The molecule has 7 heteroatoms. The summed E-state index contributed by atoms with van der Waals surface area (Å²) in [5.74, 6) is 0.776. The van der Waals surface area contributed by atoms with Crippen molar-refractivity contribution in [3.8, 4) is 5.75 Å². The van der Waals surface area contributed by atoms with Crippen LogP contribution in [0.4, 0.5) is 5.69 Å². The Kier molecular flexibility index (Phi) is 7.08. The average molecular weight is 644 g/mol. The summed E-state index contributed by atoms with van der Waals surface area (Å²) in [7, 11) is 0. The number of thioether (sulfide) groups is 1. The van der Waals surface area contributed by atoms with Gasteiger partial charge in [0.05, 0.1) is 17.7 Å². The second-order valence-corrected chi connectivity index (χ2v) is 11.0. The molecule has 4 rings (SSSR count). The fourth-order valence-corrected chi connectivity index (χ4v) is 6.83. The van der Waals surface area contributed by atoms with Crippen molar-refractivity contribution >= 4 is 79.8 Å². The number of amidine groups is 1. The zero-order valence-corrected chi connectivity index (χ0v) is 21.6. The van der Waals surface area contributed by atoms with Gasteiger partial charge in [0.1, 0.15) is 5.75 Å². The molecule has 156 valence electrons. The second-order valence-electron chi connectivity index (χ2n) is 7.68. The molecule has 1 heterocycles. The Bertz CT molecular complexity index is 1000. The first-order valence-electron chi connectivity index (χ1n) is 9.99. The van der Waals surface area contributed by atoms with Crippen LogP contribution < -0.4 is 0 Å². The predicted molar refractivity (Wildman–Crippen MR) is 141 cm³/mol. The van der Waals surface area contributed by atoms with E-state index in [0.29, 0.717) is 10.8 Å². The molecule has 0 radical (unpaired) electrons. The minimum absolute atomic E-state index is 0.0338. The van der Waals surface area contributed by atoms with E-state index in [0.717, 1.165) is 42.8 Å². The number of para-hydroxylation sites is 1. The topological polar surface area (TPSA) is 52.9 Å². The van der Waals surface area contributed by atoms with Crippen LogP contribution in [-0.4, -0.2) is 27.1 Å². The monoisotopic (exact) mass is 644 g/mol. The Balaban J connectivity index is 1.74. The van der Waals surface area contributed by atoms with E-state index in [1.54, 1.807) is 0 Å². The molecule has 4 nitrogen and oxygen atoms in total. The minimum atomic E-state index is 0.0338. The molecule has 0 spiro atoms. The number of phenolic OH excluding ortho intramolecular Hbond substituents is 1. The number of carbonyl (C=O) groups is 1. The number of nitrogens with zero attached hydrogens (tertiary/aromatic N) is 2. The van der Waals surface area contributed by atoms with Gasteiger partial charge in [-0.1, -0.05) is 38.0 Å². The molecule has 30 heavy (non-hydrogen) atoms. The van der Waals surface area contributed by atoms with Gasteiger partial charge in [0.25, 0.3) is 5.91 Å². The van der Waals surface area contributed by atoms with Gasteiger partial charge in [0.2, 0.25) is 0 Å². The number of aromatic hydroxyl groups is 1. The van der Waals surface area contributed by atoms with E-state index in [1.807, 2.05) is 53.4 Å². The van der Waals surface area contributed by atoms with Crippen molar-refractivity contribution < 1.29 is 9.90 Å². The lowest BCUT2D eigenvalue weighted by Gasteiger charge is -2.35. The van der Waals surface area contributed by atoms with Crippen LogP contribution in [0.15, 0.2) is 52.4 Å². The maximum absolute atomic E-state index is 13.5. The Morgan fingerprint density at radius 3 is 2.47 bits per heavy atom. The Morgan fingerprint density at radius 1 is 1.13 bits per heavy atom. The molecule has 1 aliphatic carbocycles. The molecule has 2 fully saturated rings. The Hall–Kier alpha value is -1.07. The van der Waals surface area contributed by atoms with Gasteiger partial charge in [-0.05, 0) is 112 Å². The van der Waals surface area contributed by atoms with E-state index in [2.05, 4.69) is 52.1 Å². The van der Waals surface area contributed by atoms with Crippen LogP contribution in [-0.2, 0) is 4.79 Å². The van der Waals surface area contributed by atoms with E-state index in [9.17, 15) is 9.90 Å². The largest absolute Gasteiger partial charge is 0.506 e. The van der Waals surface area contributed by atoms with Gasteiger partial charge in [0, 0.05) is 6.04 Å². The molecule has 1 amide bonds. The molecular formula is C23H22I2N2O2S. The molecule has 1 saturated carbocycles. The lowest BCUT2D eigenvalue weighted by atomic mass is 9.85. The van der Waals surface area contributed by atoms with Gasteiger partial charge in [0.15, 0.2) is 5.17 Å². The number of hydrogen-bond donors (Lipinski definition) is 1. The molecule has 0 aromatic heterocycles. The third-order valence-electron chi connectivity index (χ3n) is 5.55. The fourth-order valence-electron chi connectivity index (χ4n) is 3.97. The molecule has 1 aliphatic heterocycles. The summed E-state index contributed by atoms with van der Waals surface area (Å²) in [6.45, 7) is 2.24. The van der Waals surface area contributed by atoms with Crippen molar-refractivity contribution in [3.05, 3.63) is 60.1 Å². The van der Waals surface area contributed by atoms with Crippen molar-refractivity contribution in [2.24, 2.45) is 10.9 Å². The number of carbonyl (C=O) groups excluding carboxylic acids is 1. The molecular weight excluding hydrogens is 622 g/mol. The van der Waals surface area contributed by atoms with Gasteiger partial charge in [-0.15, -0.1) is 0 Å². The van der Waals surface area contributed by atoms with E-state index in [1.165, 1.54) is 18.2 Å². The third kappa shape index (κ3) is 4.72. The maximum Gasteiger partial charge on any atom is 0.267 e. The first kappa shape index (κ1) is 22.1. The molecule has 1 N–H and O–H groups in total. The number of hydrogen-bond acceptors (Lipinski definition) is 4. The molecule has 1 saturated heterocycles. The average Bonchev–Trinajstić information content (AvgIpc) is 3.02. The summed E-state index contributed by atoms with van der Waals surface area (Å²) in [6.07, 6.45) is 6.46. The normalized spacial score (nSPS) is 24.8. The Labute approximate surface area is 208 Å². The lowest BCUT2D eigenvalue weighted by Crippen LogP contribution is -2.44. The van der Waals surface area contributed by atoms with Gasteiger partial charge in [-0.2, -0.15) is 0 Å². The van der Waals surface area contributed by atoms with Crippen molar-refractivity contribution in [3.63, 3.8) is 0 Å². The summed E-state index contributed by atoms with van der Waals surface area (Å²) < 4.78 is 1.55. The van der Waals surface area contributed by atoms with E-state index in [-0.39, 0.29) is 17.7 Å². The summed E-state index contributed by atoms with van der Waals surface area (Å²) in [5.41, 5.74) is 1.77. The summed E-state index contributed by atoms with van der Waals surface area (Å²) in [4.78, 5) is 21.0. The van der Waals surface area contributed by atoms with E-state index in [4.69, 9.17) is 4.99 Å². The highest BCUT2D eigenvalue weighted by molar-refractivity contribution is 14.1. The molecule has 0 unspecified atom stereocenters. The number of aliphatic imine (C=N–C) groups is 1. The van der Waals surface area contributed by atoms with Crippen molar-refractivity contribution in [2.45, 2.75) is 38.6 Å². The zero-order chi connectivity index (χ0) is 21.3. The molecule has 2 aromatic carbocycles. The van der Waals surface area contributed by atoms with Gasteiger partial charge in [-0.3, -0.25) is 9.69 Å². The quantitative estimate of drug-likeness (QED) is 0.296. The SMILES string of the molecule is C[C@@H]1CCCC[C@@H]1N1C(=O)/C(=C/c2cc(I)c(O)c(I)c2)SC1=Nc1ccccc1.